The lowest BCUT2D eigenvalue weighted by Gasteiger charge is -2.32. The first-order chi connectivity index (χ1) is 9.16. The van der Waals surface area contributed by atoms with E-state index in [1.165, 1.54) is 5.56 Å². The predicted molar refractivity (Wildman–Crippen MR) is 82.2 cm³/mol. The molecule has 1 heterocycles. The van der Waals surface area contributed by atoms with Crippen LogP contribution in [0.4, 0.5) is 0 Å². The van der Waals surface area contributed by atoms with Gasteiger partial charge >= 0.3 is 0 Å². The van der Waals surface area contributed by atoms with Crippen molar-refractivity contribution in [2.75, 3.05) is 13.1 Å². The highest BCUT2D eigenvalue weighted by Crippen LogP contribution is 2.22. The van der Waals surface area contributed by atoms with Crippen LogP contribution in [0.1, 0.15) is 32.3 Å². The van der Waals surface area contributed by atoms with E-state index in [0.717, 1.165) is 37.6 Å². The zero-order valence-corrected chi connectivity index (χ0v) is 12.7. The van der Waals surface area contributed by atoms with Crippen molar-refractivity contribution in [3.05, 3.63) is 35.9 Å². The summed E-state index contributed by atoms with van der Waals surface area (Å²) in [5, 5.41) is 0.0635. The number of carbonyl (C=O) groups excluding carboxylic acids is 1. The van der Waals surface area contributed by atoms with Crippen LogP contribution < -0.4 is 0 Å². The molecule has 1 aromatic carbocycles. The van der Waals surface area contributed by atoms with Crippen LogP contribution in [0.25, 0.3) is 0 Å². The summed E-state index contributed by atoms with van der Waals surface area (Å²) in [6, 6.07) is 10.4. The Hall–Kier alpha value is -0.960. The molecule has 3 heteroatoms. The van der Waals surface area contributed by atoms with Crippen molar-refractivity contribution in [1.82, 2.24) is 4.90 Å². The number of carbonyl (C=O) groups is 1. The summed E-state index contributed by atoms with van der Waals surface area (Å²) in [5.41, 5.74) is 1.29. The fraction of sp³-hybridized carbons (Fsp3) is 0.562. The summed E-state index contributed by atoms with van der Waals surface area (Å²) in [5.74, 6) is 2.00. The van der Waals surface area contributed by atoms with E-state index in [4.69, 9.17) is 0 Å². The van der Waals surface area contributed by atoms with E-state index in [-0.39, 0.29) is 5.25 Å². The van der Waals surface area contributed by atoms with Crippen molar-refractivity contribution in [2.24, 2.45) is 5.92 Å². The molecule has 0 radical (unpaired) electrons. The summed E-state index contributed by atoms with van der Waals surface area (Å²) in [6.45, 7) is 6.19. The first-order valence-electron chi connectivity index (χ1n) is 7.11. The van der Waals surface area contributed by atoms with Gasteiger partial charge in [-0.2, -0.15) is 0 Å². The van der Waals surface area contributed by atoms with Crippen LogP contribution in [0, 0.1) is 5.92 Å². The Morgan fingerprint density at radius 1 is 1.32 bits per heavy atom. The third kappa shape index (κ3) is 4.27. The van der Waals surface area contributed by atoms with Gasteiger partial charge in [0.1, 0.15) is 0 Å². The van der Waals surface area contributed by atoms with Gasteiger partial charge in [-0.3, -0.25) is 4.79 Å². The number of thioether (sulfide) groups is 1. The Kier molecular flexibility index (Phi) is 5.32. The van der Waals surface area contributed by atoms with Crippen LogP contribution in [-0.4, -0.2) is 29.1 Å². The van der Waals surface area contributed by atoms with Gasteiger partial charge in [0.25, 0.3) is 0 Å². The van der Waals surface area contributed by atoms with Gasteiger partial charge in [-0.1, -0.05) is 37.3 Å². The molecule has 1 saturated heterocycles. The minimum Gasteiger partial charge on any atom is -0.342 e. The van der Waals surface area contributed by atoms with Gasteiger partial charge in [0.15, 0.2) is 0 Å². The smallest absolute Gasteiger partial charge is 0.235 e. The highest BCUT2D eigenvalue weighted by molar-refractivity contribution is 7.99. The summed E-state index contributed by atoms with van der Waals surface area (Å²) >= 11 is 1.74. The van der Waals surface area contributed by atoms with Gasteiger partial charge in [-0.15, -0.1) is 11.8 Å². The zero-order chi connectivity index (χ0) is 13.7. The van der Waals surface area contributed by atoms with Gasteiger partial charge in [-0.05, 0) is 31.2 Å². The number of hydrogen-bond acceptors (Lipinski definition) is 2. The zero-order valence-electron chi connectivity index (χ0n) is 11.8. The van der Waals surface area contributed by atoms with Crippen LogP contribution in [0.2, 0.25) is 0 Å². The Morgan fingerprint density at radius 3 is 2.58 bits per heavy atom. The summed E-state index contributed by atoms with van der Waals surface area (Å²) in [6.07, 6.45) is 2.31. The van der Waals surface area contributed by atoms with Crippen molar-refractivity contribution in [3.63, 3.8) is 0 Å². The van der Waals surface area contributed by atoms with Crippen LogP contribution in [0.5, 0.6) is 0 Å². The number of likely N-dealkylation sites (tertiary alicyclic amines) is 1. The molecule has 1 aromatic rings. The molecule has 19 heavy (non-hydrogen) atoms. The molecule has 1 amide bonds. The summed E-state index contributed by atoms with van der Waals surface area (Å²) in [4.78, 5) is 14.4. The molecule has 1 aliphatic heterocycles. The van der Waals surface area contributed by atoms with E-state index in [0.29, 0.717) is 5.91 Å². The van der Waals surface area contributed by atoms with Crippen molar-refractivity contribution in [1.29, 1.82) is 0 Å². The molecular weight excluding hydrogens is 254 g/mol. The fourth-order valence-corrected chi connectivity index (χ4v) is 3.28. The topological polar surface area (TPSA) is 20.3 Å². The Morgan fingerprint density at radius 2 is 1.95 bits per heavy atom. The molecule has 2 nitrogen and oxygen atoms in total. The van der Waals surface area contributed by atoms with Crippen molar-refractivity contribution in [3.8, 4) is 0 Å². The molecule has 0 bridgehead atoms. The third-order valence-electron chi connectivity index (χ3n) is 3.79. The van der Waals surface area contributed by atoms with E-state index in [9.17, 15) is 4.79 Å². The van der Waals surface area contributed by atoms with Gasteiger partial charge in [-0.25, -0.2) is 0 Å². The first-order valence-corrected chi connectivity index (χ1v) is 8.16. The van der Waals surface area contributed by atoms with Crippen LogP contribution in [0.15, 0.2) is 30.3 Å². The van der Waals surface area contributed by atoms with Gasteiger partial charge in [0.05, 0.1) is 5.25 Å². The van der Waals surface area contributed by atoms with Crippen molar-refractivity contribution < 1.29 is 4.79 Å². The molecule has 1 atom stereocenters. The Bertz CT molecular complexity index is 398. The molecular formula is C16H23NOS. The van der Waals surface area contributed by atoms with Crippen molar-refractivity contribution >= 4 is 17.7 Å². The quantitative estimate of drug-likeness (QED) is 0.838. The van der Waals surface area contributed by atoms with E-state index in [1.807, 2.05) is 17.9 Å². The SMILES string of the molecule is CC1CCN(C(=O)[C@H](C)SCc2ccccc2)CC1. The van der Waals surface area contributed by atoms with Crippen LogP contribution >= 0.6 is 11.8 Å². The standard InChI is InChI=1S/C16H23NOS/c1-13-8-10-17(11-9-13)16(18)14(2)19-12-15-6-4-3-5-7-15/h3-7,13-14H,8-12H2,1-2H3/t14-/m0/s1. The fourth-order valence-electron chi connectivity index (χ4n) is 2.35. The molecule has 1 aliphatic rings. The maximum absolute atomic E-state index is 12.3. The average molecular weight is 277 g/mol. The number of amides is 1. The molecule has 1 fully saturated rings. The number of rotatable bonds is 4. The molecule has 0 saturated carbocycles. The molecule has 2 rings (SSSR count). The lowest BCUT2D eigenvalue weighted by molar-refractivity contribution is -0.131. The number of benzene rings is 1. The second kappa shape index (κ2) is 6.99. The largest absolute Gasteiger partial charge is 0.342 e. The second-order valence-corrected chi connectivity index (χ2v) is 6.78. The Labute approximate surface area is 120 Å². The highest BCUT2D eigenvalue weighted by Gasteiger charge is 2.24. The lowest BCUT2D eigenvalue weighted by atomic mass is 9.99. The minimum absolute atomic E-state index is 0.0635. The van der Waals surface area contributed by atoms with Gasteiger partial charge in [0, 0.05) is 18.8 Å². The third-order valence-corrected chi connectivity index (χ3v) is 4.99. The number of piperidine rings is 1. The molecule has 0 aromatic heterocycles. The van der Waals surface area contributed by atoms with E-state index in [2.05, 4.69) is 31.2 Å². The molecule has 104 valence electrons. The average Bonchev–Trinajstić information content (AvgIpc) is 2.46. The van der Waals surface area contributed by atoms with Crippen LogP contribution in [-0.2, 0) is 10.5 Å². The van der Waals surface area contributed by atoms with Crippen LogP contribution in [0.3, 0.4) is 0 Å². The summed E-state index contributed by atoms with van der Waals surface area (Å²) < 4.78 is 0. The first kappa shape index (κ1) is 14.4. The normalized spacial score (nSPS) is 18.3. The molecule has 0 spiro atoms. The maximum Gasteiger partial charge on any atom is 0.235 e. The molecule has 0 N–H and O–H groups in total. The number of hydrogen-bond donors (Lipinski definition) is 0. The monoisotopic (exact) mass is 277 g/mol. The molecule has 0 unspecified atom stereocenters. The second-order valence-electron chi connectivity index (χ2n) is 5.45. The van der Waals surface area contributed by atoms with E-state index in [1.54, 1.807) is 11.8 Å². The van der Waals surface area contributed by atoms with E-state index < -0.39 is 0 Å². The van der Waals surface area contributed by atoms with Gasteiger partial charge in [0.2, 0.25) is 5.91 Å². The van der Waals surface area contributed by atoms with E-state index >= 15 is 0 Å². The number of nitrogens with zero attached hydrogens (tertiary/aromatic N) is 1. The van der Waals surface area contributed by atoms with Gasteiger partial charge < -0.3 is 4.90 Å². The summed E-state index contributed by atoms with van der Waals surface area (Å²) in [7, 11) is 0. The highest BCUT2D eigenvalue weighted by atomic mass is 32.2. The lowest BCUT2D eigenvalue weighted by Crippen LogP contribution is -2.41. The predicted octanol–water partition coefficient (Wildman–Crippen LogP) is 3.57. The maximum atomic E-state index is 12.3. The minimum atomic E-state index is 0.0635. The Balaban J connectivity index is 1.79. The molecule has 0 aliphatic carbocycles. The van der Waals surface area contributed by atoms with Crippen molar-refractivity contribution in [2.45, 2.75) is 37.7 Å².